The van der Waals surface area contributed by atoms with Gasteiger partial charge in [0.2, 0.25) is 5.91 Å². The number of likely N-dealkylation sites (tertiary alicyclic amines) is 1. The van der Waals surface area contributed by atoms with E-state index in [0.717, 1.165) is 19.0 Å². The predicted molar refractivity (Wildman–Crippen MR) is 89.9 cm³/mol. The first kappa shape index (κ1) is 15.2. The molecule has 3 heteroatoms. The molecule has 1 spiro atoms. The van der Waals surface area contributed by atoms with Crippen molar-refractivity contribution in [2.75, 3.05) is 13.1 Å². The molecule has 3 fully saturated rings. The van der Waals surface area contributed by atoms with Crippen molar-refractivity contribution in [1.29, 1.82) is 0 Å². The fraction of sp³-hybridized carbons (Fsp3) is 0.650. The lowest BCUT2D eigenvalue weighted by Gasteiger charge is -2.61. The zero-order valence-corrected chi connectivity index (χ0v) is 14.2. The molecule has 1 N–H and O–H groups in total. The molecule has 0 bridgehead atoms. The van der Waals surface area contributed by atoms with Gasteiger partial charge in [0.1, 0.15) is 0 Å². The minimum atomic E-state index is -0.602. The van der Waals surface area contributed by atoms with Gasteiger partial charge in [-0.2, -0.15) is 0 Å². The Morgan fingerprint density at radius 3 is 2.35 bits per heavy atom. The van der Waals surface area contributed by atoms with Crippen LogP contribution < -0.4 is 0 Å². The topological polar surface area (TPSA) is 40.5 Å². The molecule has 1 saturated heterocycles. The van der Waals surface area contributed by atoms with Crippen LogP contribution in [-0.4, -0.2) is 34.6 Å². The van der Waals surface area contributed by atoms with Crippen LogP contribution in [0.3, 0.4) is 0 Å². The van der Waals surface area contributed by atoms with Crippen LogP contribution in [-0.2, 0) is 4.79 Å². The van der Waals surface area contributed by atoms with Crippen LogP contribution in [0, 0.1) is 17.3 Å². The van der Waals surface area contributed by atoms with Crippen LogP contribution >= 0.6 is 0 Å². The molecule has 2 aliphatic carbocycles. The summed E-state index contributed by atoms with van der Waals surface area (Å²) in [5.74, 6) is 1.73. The summed E-state index contributed by atoms with van der Waals surface area (Å²) >= 11 is 0. The second-order valence-corrected chi connectivity index (χ2v) is 8.66. The molecule has 0 aromatic heterocycles. The van der Waals surface area contributed by atoms with E-state index in [1.54, 1.807) is 0 Å². The number of benzene rings is 1. The first-order chi connectivity index (χ1) is 10.9. The molecule has 1 atom stereocenters. The van der Waals surface area contributed by atoms with Crippen molar-refractivity contribution >= 4 is 5.91 Å². The summed E-state index contributed by atoms with van der Waals surface area (Å²) in [5.41, 5.74) is 1.25. The Labute approximate surface area is 138 Å². The fourth-order valence-electron chi connectivity index (χ4n) is 5.05. The number of carbonyl (C=O) groups is 1. The van der Waals surface area contributed by atoms with Crippen LogP contribution in [0.4, 0.5) is 0 Å². The lowest BCUT2D eigenvalue weighted by atomic mass is 9.54. The largest absolute Gasteiger partial charge is 0.390 e. The van der Waals surface area contributed by atoms with E-state index in [-0.39, 0.29) is 11.8 Å². The third kappa shape index (κ3) is 2.59. The van der Waals surface area contributed by atoms with Gasteiger partial charge in [-0.3, -0.25) is 4.79 Å². The standard InChI is InChI=1S/C20H27NO2/c1-14(15-6-4-3-5-7-15)16-10-20(11-16)12-21(13-20)18(22)17-8-19(2,23)9-17/h3-7,14,16-17,23H,8-13H2,1-2H3/t14-,17-,19+/m1/s1. The Morgan fingerprint density at radius 1 is 1.17 bits per heavy atom. The van der Waals surface area contributed by atoms with E-state index in [1.165, 1.54) is 18.4 Å². The van der Waals surface area contributed by atoms with Gasteiger partial charge in [0, 0.05) is 24.4 Å². The van der Waals surface area contributed by atoms with E-state index in [2.05, 4.69) is 37.3 Å². The normalized spacial score (nSPS) is 33.5. The quantitative estimate of drug-likeness (QED) is 0.931. The molecule has 23 heavy (non-hydrogen) atoms. The smallest absolute Gasteiger partial charge is 0.225 e. The molecule has 1 aromatic carbocycles. The Bertz CT molecular complexity index is 587. The van der Waals surface area contributed by atoms with E-state index >= 15 is 0 Å². The maximum Gasteiger partial charge on any atom is 0.225 e. The number of nitrogens with zero attached hydrogens (tertiary/aromatic N) is 1. The van der Waals surface area contributed by atoms with Gasteiger partial charge in [0.25, 0.3) is 0 Å². The summed E-state index contributed by atoms with van der Waals surface area (Å²) in [7, 11) is 0. The molecule has 1 aromatic rings. The minimum absolute atomic E-state index is 0.0708. The summed E-state index contributed by atoms with van der Waals surface area (Å²) < 4.78 is 0. The van der Waals surface area contributed by atoms with Gasteiger partial charge >= 0.3 is 0 Å². The van der Waals surface area contributed by atoms with Crippen molar-refractivity contribution in [3.8, 4) is 0 Å². The monoisotopic (exact) mass is 313 g/mol. The molecule has 3 aliphatic rings. The van der Waals surface area contributed by atoms with E-state index in [9.17, 15) is 9.90 Å². The average molecular weight is 313 g/mol. The van der Waals surface area contributed by atoms with Gasteiger partial charge in [0.15, 0.2) is 0 Å². The minimum Gasteiger partial charge on any atom is -0.390 e. The lowest BCUT2D eigenvalue weighted by Crippen LogP contribution is -2.66. The Kier molecular flexibility index (Phi) is 3.35. The van der Waals surface area contributed by atoms with Gasteiger partial charge in [0.05, 0.1) is 5.60 Å². The number of aliphatic hydroxyl groups is 1. The van der Waals surface area contributed by atoms with Crippen molar-refractivity contribution in [1.82, 2.24) is 4.90 Å². The molecule has 1 amide bonds. The number of rotatable bonds is 3. The fourth-order valence-corrected chi connectivity index (χ4v) is 5.05. The molecule has 1 heterocycles. The molecule has 124 valence electrons. The number of hydrogen-bond acceptors (Lipinski definition) is 2. The summed E-state index contributed by atoms with van der Waals surface area (Å²) in [5, 5.41) is 9.80. The summed E-state index contributed by atoms with van der Waals surface area (Å²) in [4.78, 5) is 14.4. The summed E-state index contributed by atoms with van der Waals surface area (Å²) in [6.45, 7) is 6.06. The van der Waals surface area contributed by atoms with E-state index in [0.29, 0.717) is 24.2 Å². The zero-order valence-electron chi connectivity index (χ0n) is 14.2. The number of carbonyl (C=O) groups excluding carboxylic acids is 1. The third-order valence-electron chi connectivity index (χ3n) is 6.51. The molecule has 1 aliphatic heterocycles. The number of amides is 1. The van der Waals surface area contributed by atoms with Crippen LogP contribution in [0.5, 0.6) is 0 Å². The SMILES string of the molecule is C[C@H](c1ccccc1)C1CC2(C1)CN(C(=O)[C@H]1C[C@@](C)(O)C1)C2. The average Bonchev–Trinajstić information content (AvgIpc) is 2.42. The second kappa shape index (κ2) is 5.07. The lowest BCUT2D eigenvalue weighted by molar-refractivity contribution is -0.172. The summed E-state index contributed by atoms with van der Waals surface area (Å²) in [6, 6.07) is 10.8. The van der Waals surface area contributed by atoms with Gasteiger partial charge in [-0.1, -0.05) is 37.3 Å². The van der Waals surface area contributed by atoms with Gasteiger partial charge in [-0.05, 0) is 50.0 Å². The van der Waals surface area contributed by atoms with Crippen LogP contribution in [0.25, 0.3) is 0 Å². The van der Waals surface area contributed by atoms with E-state index < -0.39 is 5.60 Å². The van der Waals surface area contributed by atoms with Crippen molar-refractivity contribution < 1.29 is 9.90 Å². The van der Waals surface area contributed by atoms with E-state index in [4.69, 9.17) is 0 Å². The highest BCUT2D eigenvalue weighted by atomic mass is 16.3. The maximum atomic E-state index is 12.4. The molecule has 4 rings (SSSR count). The first-order valence-corrected chi connectivity index (χ1v) is 8.94. The van der Waals surface area contributed by atoms with Crippen molar-refractivity contribution in [3.05, 3.63) is 35.9 Å². The Balaban J connectivity index is 1.26. The number of hydrogen-bond donors (Lipinski definition) is 1. The van der Waals surface area contributed by atoms with Gasteiger partial charge < -0.3 is 10.0 Å². The molecule has 0 radical (unpaired) electrons. The third-order valence-corrected chi connectivity index (χ3v) is 6.51. The van der Waals surface area contributed by atoms with Crippen molar-refractivity contribution in [3.63, 3.8) is 0 Å². The molecule has 3 nitrogen and oxygen atoms in total. The highest BCUT2D eigenvalue weighted by molar-refractivity contribution is 5.81. The molecular weight excluding hydrogens is 286 g/mol. The van der Waals surface area contributed by atoms with Crippen molar-refractivity contribution in [2.24, 2.45) is 17.3 Å². The first-order valence-electron chi connectivity index (χ1n) is 8.94. The van der Waals surface area contributed by atoms with Crippen LogP contribution in [0.2, 0.25) is 0 Å². The highest BCUT2D eigenvalue weighted by Gasteiger charge is 2.56. The Hall–Kier alpha value is -1.35. The van der Waals surface area contributed by atoms with Gasteiger partial charge in [-0.15, -0.1) is 0 Å². The molecular formula is C20H27NO2. The second-order valence-electron chi connectivity index (χ2n) is 8.66. The Morgan fingerprint density at radius 2 is 1.78 bits per heavy atom. The predicted octanol–water partition coefficient (Wildman–Crippen LogP) is 3.19. The maximum absolute atomic E-state index is 12.4. The zero-order chi connectivity index (χ0) is 16.2. The molecule has 2 saturated carbocycles. The highest BCUT2D eigenvalue weighted by Crippen LogP contribution is 2.56. The molecule has 0 unspecified atom stereocenters. The van der Waals surface area contributed by atoms with Gasteiger partial charge in [-0.25, -0.2) is 0 Å². The van der Waals surface area contributed by atoms with Crippen molar-refractivity contribution in [2.45, 2.75) is 51.0 Å². The summed E-state index contributed by atoms with van der Waals surface area (Å²) in [6.07, 6.45) is 3.80. The van der Waals surface area contributed by atoms with E-state index in [1.807, 2.05) is 11.8 Å². The van der Waals surface area contributed by atoms with Crippen LogP contribution in [0.1, 0.15) is 51.0 Å². The van der Waals surface area contributed by atoms with Crippen LogP contribution in [0.15, 0.2) is 30.3 Å².